The van der Waals surface area contributed by atoms with Crippen LogP contribution in [0, 0.1) is 12.8 Å². The largest absolute Gasteiger partial charge is 0.493 e. The van der Waals surface area contributed by atoms with E-state index >= 15 is 0 Å². The van der Waals surface area contributed by atoms with Gasteiger partial charge in [0, 0.05) is 23.1 Å². The molecule has 3 N–H and O–H groups in total. The fraction of sp³-hybridized carbons (Fsp3) is 0.438. The molecule has 2 heterocycles. The fourth-order valence-corrected chi connectivity index (χ4v) is 4.89. The van der Waals surface area contributed by atoms with Crippen LogP contribution in [-0.2, 0) is 11.1 Å². The number of Topliss-reactive ketones (excluding diaryl/α,β-unsaturated/α-hetero) is 1. The highest BCUT2D eigenvalue weighted by Crippen LogP contribution is 2.46. The number of hydrogen-bond acceptors (Lipinski definition) is 7. The molecule has 39 heavy (non-hydrogen) atoms. The first-order chi connectivity index (χ1) is 18.5. The number of carbonyl (C=O) groups is 1. The molecule has 2 atom stereocenters. The van der Waals surface area contributed by atoms with Gasteiger partial charge in [-0.05, 0) is 63.3 Å². The highest BCUT2D eigenvalue weighted by Gasteiger charge is 2.43. The normalized spacial score (nSPS) is 19.8. The average Bonchev–Trinajstić information content (AvgIpc) is 3.67. The van der Waals surface area contributed by atoms with E-state index in [-0.39, 0.29) is 30.6 Å². The van der Waals surface area contributed by atoms with Crippen LogP contribution in [-0.4, -0.2) is 35.7 Å². The molecule has 3 aromatic rings. The summed E-state index contributed by atoms with van der Waals surface area (Å²) < 4.78 is 17.5. The topological polar surface area (TPSA) is 104 Å². The molecule has 206 valence electrons. The van der Waals surface area contributed by atoms with Gasteiger partial charge in [0.2, 0.25) is 0 Å². The molecular formula is C32H38N2O5. The second kappa shape index (κ2) is 10.3. The minimum Gasteiger partial charge on any atom is -0.493 e. The van der Waals surface area contributed by atoms with Crippen LogP contribution in [0.3, 0.4) is 0 Å². The SMILES string of the molecule is COc1cc(C(=O)CCC(C)(O)c2cc3c(c(-c4ccc(C)cc4)n2)OCC3(N)C(C)C)ccc1OC1CC1. The van der Waals surface area contributed by atoms with E-state index in [1.165, 1.54) is 0 Å². The average molecular weight is 531 g/mol. The van der Waals surface area contributed by atoms with Crippen molar-refractivity contribution in [3.05, 3.63) is 70.9 Å². The summed E-state index contributed by atoms with van der Waals surface area (Å²) in [7, 11) is 1.57. The van der Waals surface area contributed by atoms with Gasteiger partial charge in [0.25, 0.3) is 0 Å². The van der Waals surface area contributed by atoms with E-state index in [2.05, 4.69) is 13.8 Å². The number of carbonyl (C=O) groups excluding carboxylic acids is 1. The van der Waals surface area contributed by atoms with Crippen molar-refractivity contribution < 1.29 is 24.1 Å². The maximum absolute atomic E-state index is 13.2. The van der Waals surface area contributed by atoms with Gasteiger partial charge in [-0.3, -0.25) is 4.79 Å². The van der Waals surface area contributed by atoms with E-state index in [9.17, 15) is 9.90 Å². The molecular weight excluding hydrogens is 492 g/mol. The first-order valence-electron chi connectivity index (χ1n) is 13.7. The van der Waals surface area contributed by atoms with Crippen LogP contribution >= 0.6 is 0 Å². The number of rotatable bonds is 10. The Kier molecular flexibility index (Phi) is 7.16. The van der Waals surface area contributed by atoms with Crippen molar-refractivity contribution in [2.24, 2.45) is 11.7 Å². The van der Waals surface area contributed by atoms with E-state index in [0.717, 1.165) is 29.5 Å². The molecule has 0 bridgehead atoms. The Morgan fingerprint density at radius 2 is 1.90 bits per heavy atom. The molecule has 0 spiro atoms. The summed E-state index contributed by atoms with van der Waals surface area (Å²) in [5.41, 5.74) is 9.27. The van der Waals surface area contributed by atoms with Crippen LogP contribution in [0.1, 0.15) is 73.6 Å². The second-order valence-electron chi connectivity index (χ2n) is 11.5. The van der Waals surface area contributed by atoms with Crippen molar-refractivity contribution in [1.82, 2.24) is 4.98 Å². The predicted molar refractivity (Wildman–Crippen MR) is 150 cm³/mol. The smallest absolute Gasteiger partial charge is 0.163 e. The Morgan fingerprint density at radius 1 is 1.18 bits per heavy atom. The molecule has 0 saturated heterocycles. The monoisotopic (exact) mass is 530 g/mol. The number of aromatic nitrogens is 1. The van der Waals surface area contributed by atoms with Crippen LogP contribution in [0.4, 0.5) is 0 Å². The van der Waals surface area contributed by atoms with Crippen molar-refractivity contribution >= 4 is 5.78 Å². The van der Waals surface area contributed by atoms with Crippen LogP contribution in [0.15, 0.2) is 48.5 Å². The quantitative estimate of drug-likeness (QED) is 0.325. The molecule has 1 aromatic heterocycles. The van der Waals surface area contributed by atoms with E-state index in [4.69, 9.17) is 24.9 Å². The standard InChI is InChI=1S/C32H38N2O5/c1-19(2)32(33)18-38-30-24(32)17-28(34-29(30)21-8-6-20(3)7-9-21)31(4,36)15-14-25(35)22-10-13-26(27(16-22)37-5)39-23-11-12-23/h6-10,13,16-17,19,23,36H,11-12,14-15,18,33H2,1-5H3. The number of nitrogens with zero attached hydrogens (tertiary/aromatic N) is 1. The minimum absolute atomic E-state index is 0.0925. The number of benzene rings is 2. The summed E-state index contributed by atoms with van der Waals surface area (Å²) in [6.07, 6.45) is 2.62. The fourth-order valence-electron chi connectivity index (χ4n) is 4.89. The summed E-state index contributed by atoms with van der Waals surface area (Å²) >= 11 is 0. The van der Waals surface area contributed by atoms with Crippen LogP contribution < -0.4 is 19.9 Å². The van der Waals surface area contributed by atoms with Gasteiger partial charge in [-0.2, -0.15) is 0 Å². The zero-order valence-corrected chi connectivity index (χ0v) is 23.4. The molecule has 0 radical (unpaired) electrons. The summed E-state index contributed by atoms with van der Waals surface area (Å²) in [4.78, 5) is 18.1. The van der Waals surface area contributed by atoms with Gasteiger partial charge in [-0.1, -0.05) is 43.7 Å². The molecule has 7 nitrogen and oxygen atoms in total. The van der Waals surface area contributed by atoms with Gasteiger partial charge in [-0.15, -0.1) is 0 Å². The minimum atomic E-state index is -1.37. The van der Waals surface area contributed by atoms with Crippen LogP contribution in [0.25, 0.3) is 11.3 Å². The van der Waals surface area contributed by atoms with E-state index < -0.39 is 11.1 Å². The number of aliphatic hydroxyl groups is 1. The third-order valence-corrected chi connectivity index (χ3v) is 7.98. The summed E-state index contributed by atoms with van der Waals surface area (Å²) in [6.45, 7) is 8.20. The van der Waals surface area contributed by atoms with Gasteiger partial charge in [-0.25, -0.2) is 4.98 Å². The number of ether oxygens (including phenoxy) is 3. The second-order valence-corrected chi connectivity index (χ2v) is 11.5. The zero-order valence-electron chi connectivity index (χ0n) is 23.4. The van der Waals surface area contributed by atoms with E-state index in [1.54, 1.807) is 32.2 Å². The third kappa shape index (κ3) is 5.38. The van der Waals surface area contributed by atoms with Crippen molar-refractivity contribution in [2.45, 2.75) is 70.6 Å². The molecule has 2 aromatic carbocycles. The highest BCUT2D eigenvalue weighted by molar-refractivity contribution is 5.96. The number of nitrogens with two attached hydrogens (primary N) is 1. The Bertz CT molecular complexity index is 1380. The predicted octanol–water partition coefficient (Wildman–Crippen LogP) is 5.68. The van der Waals surface area contributed by atoms with Crippen molar-refractivity contribution in [3.63, 3.8) is 0 Å². The lowest BCUT2D eigenvalue weighted by atomic mass is 9.80. The van der Waals surface area contributed by atoms with Crippen molar-refractivity contribution in [3.8, 4) is 28.5 Å². The van der Waals surface area contributed by atoms with Crippen molar-refractivity contribution in [1.29, 1.82) is 0 Å². The number of ketones is 1. The first kappa shape index (κ1) is 27.2. The molecule has 0 amide bonds. The third-order valence-electron chi connectivity index (χ3n) is 7.98. The lowest BCUT2D eigenvalue weighted by molar-refractivity contribution is 0.0396. The lowest BCUT2D eigenvalue weighted by Gasteiger charge is -2.29. The maximum Gasteiger partial charge on any atom is 0.163 e. The Morgan fingerprint density at radius 3 is 2.54 bits per heavy atom. The molecule has 2 unspecified atom stereocenters. The number of fused-ring (bicyclic) bond motifs is 1. The Hall–Kier alpha value is -3.42. The summed E-state index contributed by atoms with van der Waals surface area (Å²) in [6, 6.07) is 15.1. The molecule has 1 aliphatic carbocycles. The molecule has 2 aliphatic rings. The molecule has 7 heteroatoms. The van der Waals surface area contributed by atoms with E-state index in [1.807, 2.05) is 37.3 Å². The number of methoxy groups -OCH3 is 1. The van der Waals surface area contributed by atoms with Gasteiger partial charge < -0.3 is 25.1 Å². The molecule has 5 rings (SSSR count). The van der Waals surface area contributed by atoms with Gasteiger partial charge in [0.15, 0.2) is 23.0 Å². The molecule has 1 aliphatic heterocycles. The number of hydrogen-bond donors (Lipinski definition) is 2. The lowest BCUT2D eigenvalue weighted by Crippen LogP contribution is -2.43. The number of pyridine rings is 1. The van der Waals surface area contributed by atoms with Crippen LogP contribution in [0.5, 0.6) is 17.2 Å². The van der Waals surface area contributed by atoms with Crippen molar-refractivity contribution in [2.75, 3.05) is 13.7 Å². The van der Waals surface area contributed by atoms with Gasteiger partial charge in [0.1, 0.15) is 17.9 Å². The van der Waals surface area contributed by atoms with Crippen LogP contribution in [0.2, 0.25) is 0 Å². The maximum atomic E-state index is 13.2. The number of aryl methyl sites for hydroxylation is 1. The van der Waals surface area contributed by atoms with E-state index in [0.29, 0.717) is 40.8 Å². The molecule has 1 fully saturated rings. The zero-order chi connectivity index (χ0) is 27.9. The Balaban J connectivity index is 1.43. The van der Waals surface area contributed by atoms with Gasteiger partial charge in [0.05, 0.1) is 24.4 Å². The molecule has 1 saturated carbocycles. The van der Waals surface area contributed by atoms with Gasteiger partial charge >= 0.3 is 0 Å². The Labute approximate surface area is 230 Å². The highest BCUT2D eigenvalue weighted by atomic mass is 16.5. The summed E-state index contributed by atoms with van der Waals surface area (Å²) in [5.74, 6) is 1.85. The summed E-state index contributed by atoms with van der Waals surface area (Å²) in [5, 5.41) is 11.6. The first-order valence-corrected chi connectivity index (χ1v) is 13.7.